The highest BCUT2D eigenvalue weighted by molar-refractivity contribution is 6.00. The van der Waals surface area contributed by atoms with E-state index >= 15 is 0 Å². The number of hydrogen-bond donors (Lipinski definition) is 1. The molecule has 1 atom stereocenters. The Hall–Kier alpha value is -3.28. The molecule has 2 amide bonds. The molecule has 0 saturated heterocycles. The molecular formula is C23H23N3O3. The molecule has 1 fully saturated rings. The van der Waals surface area contributed by atoms with Crippen molar-refractivity contribution in [3.8, 4) is 11.5 Å². The maximum absolute atomic E-state index is 13.4. The highest BCUT2D eigenvalue weighted by Crippen LogP contribution is 2.40. The third-order valence-corrected chi connectivity index (χ3v) is 5.89. The predicted octanol–water partition coefficient (Wildman–Crippen LogP) is 3.44. The maximum atomic E-state index is 13.4. The molecule has 1 saturated carbocycles. The van der Waals surface area contributed by atoms with Crippen LogP contribution in [0.5, 0.6) is 0 Å². The van der Waals surface area contributed by atoms with Gasteiger partial charge in [0, 0.05) is 12.6 Å². The minimum atomic E-state index is -0.958. The van der Waals surface area contributed by atoms with Gasteiger partial charge in [0.2, 0.25) is 5.91 Å². The monoisotopic (exact) mass is 389 g/mol. The Kier molecular flexibility index (Phi) is 4.08. The Bertz CT molecular complexity index is 1050. The second-order valence-corrected chi connectivity index (χ2v) is 8.02. The van der Waals surface area contributed by atoms with Crippen LogP contribution >= 0.6 is 0 Å². The second-order valence-electron chi connectivity index (χ2n) is 8.02. The summed E-state index contributed by atoms with van der Waals surface area (Å²) in [6.07, 6.45) is 3.50. The van der Waals surface area contributed by atoms with E-state index in [2.05, 4.69) is 5.32 Å². The van der Waals surface area contributed by atoms with Crippen LogP contribution in [-0.4, -0.2) is 32.9 Å². The first kappa shape index (κ1) is 17.8. The molecule has 3 heterocycles. The van der Waals surface area contributed by atoms with Crippen molar-refractivity contribution in [2.75, 3.05) is 0 Å². The van der Waals surface area contributed by atoms with Crippen molar-refractivity contribution in [2.24, 2.45) is 0 Å². The molecule has 1 N–H and O–H groups in total. The fourth-order valence-electron chi connectivity index (χ4n) is 4.25. The maximum Gasteiger partial charge on any atom is 0.271 e. The number of carbonyl (C=O) groups excluding carboxylic acids is 2. The molecule has 3 aromatic rings. The van der Waals surface area contributed by atoms with Crippen molar-refractivity contribution >= 4 is 11.8 Å². The Balaban J connectivity index is 1.49. The van der Waals surface area contributed by atoms with Gasteiger partial charge in [-0.25, -0.2) is 0 Å². The number of rotatable bonds is 5. The number of furan rings is 1. The molecular weight excluding hydrogens is 366 g/mol. The van der Waals surface area contributed by atoms with Crippen LogP contribution in [0.25, 0.3) is 11.5 Å². The smallest absolute Gasteiger partial charge is 0.271 e. The number of carbonyl (C=O) groups is 2. The van der Waals surface area contributed by atoms with Gasteiger partial charge in [-0.2, -0.15) is 0 Å². The van der Waals surface area contributed by atoms with Crippen molar-refractivity contribution in [3.05, 3.63) is 72.1 Å². The fourth-order valence-corrected chi connectivity index (χ4v) is 4.25. The van der Waals surface area contributed by atoms with E-state index in [1.807, 2.05) is 66.1 Å². The average molecular weight is 389 g/mol. The summed E-state index contributed by atoms with van der Waals surface area (Å²) in [5.74, 6) is 0.469. The van der Waals surface area contributed by atoms with Gasteiger partial charge >= 0.3 is 0 Å². The Morgan fingerprint density at radius 1 is 1.10 bits per heavy atom. The van der Waals surface area contributed by atoms with Gasteiger partial charge in [-0.1, -0.05) is 30.3 Å². The van der Waals surface area contributed by atoms with Crippen molar-refractivity contribution < 1.29 is 14.0 Å². The van der Waals surface area contributed by atoms with E-state index < -0.39 is 5.54 Å². The molecule has 5 rings (SSSR count). The molecule has 6 heteroatoms. The number of fused-ring (bicyclic) bond motifs is 1. The number of hydrogen-bond acceptors (Lipinski definition) is 3. The lowest BCUT2D eigenvalue weighted by molar-refractivity contribution is -0.133. The SMILES string of the molecule is CC1(C(=O)NCc2ccccc2)Cn2c(ccc2-c2ccco2)C(=O)N1C1CC1. The number of nitrogens with one attached hydrogen (secondary N) is 1. The van der Waals surface area contributed by atoms with Crippen LogP contribution in [0.2, 0.25) is 0 Å². The topological polar surface area (TPSA) is 67.5 Å². The molecule has 1 aliphatic heterocycles. The molecule has 1 aliphatic carbocycles. The first-order valence-electron chi connectivity index (χ1n) is 9.97. The zero-order chi connectivity index (χ0) is 20.0. The van der Waals surface area contributed by atoms with Crippen LogP contribution in [0.3, 0.4) is 0 Å². The lowest BCUT2D eigenvalue weighted by Crippen LogP contribution is -2.64. The Labute approximate surface area is 169 Å². The largest absolute Gasteiger partial charge is 0.463 e. The summed E-state index contributed by atoms with van der Waals surface area (Å²) in [7, 11) is 0. The molecule has 29 heavy (non-hydrogen) atoms. The van der Waals surface area contributed by atoms with E-state index in [1.54, 1.807) is 11.2 Å². The summed E-state index contributed by atoms with van der Waals surface area (Å²) >= 11 is 0. The van der Waals surface area contributed by atoms with Crippen LogP contribution in [0.15, 0.2) is 65.3 Å². The Morgan fingerprint density at radius 2 is 1.86 bits per heavy atom. The highest BCUT2D eigenvalue weighted by Gasteiger charge is 2.52. The lowest BCUT2D eigenvalue weighted by atomic mass is 9.94. The van der Waals surface area contributed by atoms with Gasteiger partial charge < -0.3 is 19.2 Å². The first-order valence-corrected chi connectivity index (χ1v) is 9.97. The van der Waals surface area contributed by atoms with Gasteiger partial charge in [0.05, 0.1) is 18.5 Å². The standard InChI is InChI=1S/C23H23N3O3/c1-23(22(28)24-14-16-6-3-2-4-7-16)15-25-18(20-8-5-13-29-20)11-12-19(25)21(27)26(23)17-9-10-17/h2-8,11-13,17H,9-10,14-15H2,1H3,(H,24,28). The van der Waals surface area contributed by atoms with E-state index in [0.717, 1.165) is 24.1 Å². The zero-order valence-corrected chi connectivity index (χ0v) is 16.3. The summed E-state index contributed by atoms with van der Waals surface area (Å²) in [6, 6.07) is 17.4. The quantitative estimate of drug-likeness (QED) is 0.727. The minimum Gasteiger partial charge on any atom is -0.463 e. The molecule has 1 aromatic carbocycles. The Morgan fingerprint density at radius 3 is 2.55 bits per heavy atom. The van der Waals surface area contributed by atoms with Crippen LogP contribution in [-0.2, 0) is 17.9 Å². The summed E-state index contributed by atoms with van der Waals surface area (Å²) in [6.45, 7) is 2.71. The van der Waals surface area contributed by atoms with E-state index in [-0.39, 0.29) is 17.9 Å². The van der Waals surface area contributed by atoms with Gasteiger partial charge in [0.1, 0.15) is 17.0 Å². The van der Waals surface area contributed by atoms with Crippen LogP contribution < -0.4 is 5.32 Å². The summed E-state index contributed by atoms with van der Waals surface area (Å²) < 4.78 is 7.47. The van der Waals surface area contributed by atoms with Gasteiger partial charge in [-0.3, -0.25) is 9.59 Å². The third kappa shape index (κ3) is 2.95. The third-order valence-electron chi connectivity index (χ3n) is 5.89. The van der Waals surface area contributed by atoms with E-state index in [9.17, 15) is 9.59 Å². The summed E-state index contributed by atoms with van der Waals surface area (Å²) in [5, 5.41) is 3.05. The van der Waals surface area contributed by atoms with Crippen molar-refractivity contribution in [1.29, 1.82) is 0 Å². The number of amides is 2. The van der Waals surface area contributed by atoms with Crippen LogP contribution in [0.4, 0.5) is 0 Å². The zero-order valence-electron chi connectivity index (χ0n) is 16.3. The molecule has 148 valence electrons. The molecule has 6 nitrogen and oxygen atoms in total. The van der Waals surface area contributed by atoms with Gasteiger partial charge in [-0.05, 0) is 49.6 Å². The minimum absolute atomic E-state index is 0.0890. The predicted molar refractivity (Wildman–Crippen MR) is 108 cm³/mol. The molecule has 1 unspecified atom stereocenters. The molecule has 0 radical (unpaired) electrons. The van der Waals surface area contributed by atoms with Gasteiger partial charge in [0.25, 0.3) is 5.91 Å². The summed E-state index contributed by atoms with van der Waals surface area (Å²) in [5.41, 5.74) is 1.50. The van der Waals surface area contributed by atoms with Crippen molar-refractivity contribution in [3.63, 3.8) is 0 Å². The number of aromatic nitrogens is 1. The van der Waals surface area contributed by atoms with Gasteiger partial charge in [-0.15, -0.1) is 0 Å². The number of benzene rings is 1. The second kappa shape index (κ2) is 6.65. The molecule has 0 spiro atoms. The van der Waals surface area contributed by atoms with Crippen molar-refractivity contribution in [1.82, 2.24) is 14.8 Å². The van der Waals surface area contributed by atoms with Gasteiger partial charge in [0.15, 0.2) is 0 Å². The highest BCUT2D eigenvalue weighted by atomic mass is 16.3. The fraction of sp³-hybridized carbons (Fsp3) is 0.304. The summed E-state index contributed by atoms with van der Waals surface area (Å²) in [4.78, 5) is 28.5. The number of nitrogens with zero attached hydrogens (tertiary/aromatic N) is 2. The van der Waals surface area contributed by atoms with Crippen molar-refractivity contribution in [2.45, 2.75) is 44.4 Å². The molecule has 0 bridgehead atoms. The first-order chi connectivity index (χ1) is 14.1. The van der Waals surface area contributed by atoms with Crippen LogP contribution in [0.1, 0.15) is 35.8 Å². The molecule has 2 aromatic heterocycles. The lowest BCUT2D eigenvalue weighted by Gasteiger charge is -2.44. The van der Waals surface area contributed by atoms with E-state index in [1.165, 1.54) is 0 Å². The molecule has 2 aliphatic rings. The van der Waals surface area contributed by atoms with E-state index in [0.29, 0.717) is 24.5 Å². The normalized spacial score (nSPS) is 21.1. The average Bonchev–Trinajstić information content (AvgIpc) is 3.23. The van der Waals surface area contributed by atoms with E-state index in [4.69, 9.17) is 4.42 Å². The van der Waals surface area contributed by atoms with Crippen LogP contribution in [0, 0.1) is 0 Å².